The first-order chi connectivity index (χ1) is 12.6. The highest BCUT2D eigenvalue weighted by molar-refractivity contribution is 5.76. The second kappa shape index (κ2) is 8.54. The molecule has 2 aliphatic heterocycles. The summed E-state index contributed by atoms with van der Waals surface area (Å²) in [6.45, 7) is 4.19. The fourth-order valence-corrected chi connectivity index (χ4v) is 3.25. The lowest BCUT2D eigenvalue weighted by Gasteiger charge is -2.21. The van der Waals surface area contributed by atoms with Crippen molar-refractivity contribution in [1.82, 2.24) is 10.3 Å². The molecule has 3 heterocycles. The molecule has 2 fully saturated rings. The Labute approximate surface area is 152 Å². The molecule has 0 atom stereocenters. The largest absolute Gasteiger partial charge is 0.417 e. The monoisotopic (exact) mass is 363 g/mol. The molecule has 0 unspecified atom stereocenters. The van der Waals surface area contributed by atoms with Gasteiger partial charge in [0.25, 0.3) is 0 Å². The van der Waals surface area contributed by atoms with E-state index in [1.807, 2.05) is 30.3 Å². The van der Waals surface area contributed by atoms with Crippen molar-refractivity contribution >= 4 is 5.82 Å². The SMILES string of the molecule is C1CCNC1.FC(F)(F)c1cnc(N2CCCC2)c(-c2ccccc2)c1. The second-order valence-electron chi connectivity index (χ2n) is 6.61. The molecule has 0 radical (unpaired) electrons. The van der Waals surface area contributed by atoms with Crippen LogP contribution in [-0.2, 0) is 6.18 Å². The number of aromatic nitrogens is 1. The van der Waals surface area contributed by atoms with Crippen LogP contribution in [0.25, 0.3) is 11.1 Å². The maximum Gasteiger partial charge on any atom is 0.417 e. The lowest BCUT2D eigenvalue weighted by molar-refractivity contribution is -0.137. The maximum atomic E-state index is 12.9. The van der Waals surface area contributed by atoms with Crippen LogP contribution in [0.4, 0.5) is 19.0 Å². The number of hydrogen-bond donors (Lipinski definition) is 1. The Morgan fingerprint density at radius 1 is 0.923 bits per heavy atom. The van der Waals surface area contributed by atoms with Crippen molar-refractivity contribution in [2.45, 2.75) is 31.9 Å². The van der Waals surface area contributed by atoms with E-state index in [-0.39, 0.29) is 0 Å². The third-order valence-electron chi connectivity index (χ3n) is 4.64. The van der Waals surface area contributed by atoms with Gasteiger partial charge in [0.05, 0.1) is 5.56 Å². The molecular weight excluding hydrogens is 339 g/mol. The predicted molar refractivity (Wildman–Crippen MR) is 98.2 cm³/mol. The zero-order chi connectivity index (χ0) is 18.4. The van der Waals surface area contributed by atoms with Gasteiger partial charge in [0.2, 0.25) is 0 Å². The summed E-state index contributed by atoms with van der Waals surface area (Å²) in [5.41, 5.74) is 0.606. The van der Waals surface area contributed by atoms with E-state index >= 15 is 0 Å². The van der Waals surface area contributed by atoms with Gasteiger partial charge in [-0.05, 0) is 50.4 Å². The van der Waals surface area contributed by atoms with E-state index in [0.717, 1.165) is 37.7 Å². The van der Waals surface area contributed by atoms with Crippen molar-refractivity contribution in [1.29, 1.82) is 0 Å². The average Bonchev–Trinajstić information content (AvgIpc) is 3.37. The molecule has 1 N–H and O–H groups in total. The Kier molecular flexibility index (Phi) is 6.14. The summed E-state index contributed by atoms with van der Waals surface area (Å²) in [6.07, 6.45) is 1.44. The molecule has 0 amide bonds. The quantitative estimate of drug-likeness (QED) is 0.836. The average molecular weight is 363 g/mol. The van der Waals surface area contributed by atoms with E-state index in [4.69, 9.17) is 0 Å². The van der Waals surface area contributed by atoms with Crippen LogP contribution in [-0.4, -0.2) is 31.2 Å². The first kappa shape index (κ1) is 18.7. The van der Waals surface area contributed by atoms with Gasteiger partial charge in [-0.25, -0.2) is 4.98 Å². The Bertz CT molecular complexity index is 684. The molecule has 26 heavy (non-hydrogen) atoms. The van der Waals surface area contributed by atoms with Crippen LogP contribution >= 0.6 is 0 Å². The normalized spacial score (nSPS) is 17.1. The van der Waals surface area contributed by atoms with Gasteiger partial charge in [0.1, 0.15) is 5.82 Å². The first-order valence-corrected chi connectivity index (χ1v) is 9.14. The molecule has 4 rings (SSSR count). The van der Waals surface area contributed by atoms with Gasteiger partial charge >= 0.3 is 6.18 Å². The Balaban J connectivity index is 0.000000339. The number of rotatable bonds is 2. The fourth-order valence-electron chi connectivity index (χ4n) is 3.25. The highest BCUT2D eigenvalue weighted by Crippen LogP contribution is 2.36. The Morgan fingerprint density at radius 3 is 2.12 bits per heavy atom. The second-order valence-corrected chi connectivity index (χ2v) is 6.61. The Morgan fingerprint density at radius 2 is 1.58 bits per heavy atom. The van der Waals surface area contributed by atoms with Crippen molar-refractivity contribution in [2.24, 2.45) is 0 Å². The molecule has 1 aromatic carbocycles. The number of halogens is 3. The van der Waals surface area contributed by atoms with Crippen LogP contribution in [0.15, 0.2) is 42.6 Å². The molecule has 0 aliphatic carbocycles. The zero-order valence-corrected chi connectivity index (χ0v) is 14.7. The van der Waals surface area contributed by atoms with E-state index in [9.17, 15) is 13.2 Å². The van der Waals surface area contributed by atoms with Crippen molar-refractivity contribution in [2.75, 3.05) is 31.1 Å². The first-order valence-electron chi connectivity index (χ1n) is 9.14. The van der Waals surface area contributed by atoms with Crippen molar-refractivity contribution in [3.05, 3.63) is 48.2 Å². The third-order valence-corrected chi connectivity index (χ3v) is 4.64. The molecule has 1 aromatic heterocycles. The molecule has 2 aliphatic rings. The minimum Gasteiger partial charge on any atom is -0.356 e. The van der Waals surface area contributed by atoms with E-state index < -0.39 is 11.7 Å². The van der Waals surface area contributed by atoms with Crippen molar-refractivity contribution in [3.63, 3.8) is 0 Å². The topological polar surface area (TPSA) is 28.2 Å². The minimum absolute atomic E-state index is 0.548. The smallest absolute Gasteiger partial charge is 0.356 e. The molecule has 0 spiro atoms. The van der Waals surface area contributed by atoms with Crippen LogP contribution in [0, 0.1) is 0 Å². The summed E-state index contributed by atoms with van der Waals surface area (Å²) in [5, 5.41) is 3.22. The maximum absolute atomic E-state index is 12.9. The van der Waals surface area contributed by atoms with E-state index in [1.54, 1.807) is 0 Å². The van der Waals surface area contributed by atoms with Crippen LogP contribution in [0.3, 0.4) is 0 Å². The van der Waals surface area contributed by atoms with Crippen molar-refractivity contribution in [3.8, 4) is 11.1 Å². The zero-order valence-electron chi connectivity index (χ0n) is 14.7. The minimum atomic E-state index is -4.37. The number of alkyl halides is 3. The number of anilines is 1. The van der Waals surface area contributed by atoms with Gasteiger partial charge < -0.3 is 10.2 Å². The number of pyridine rings is 1. The van der Waals surface area contributed by atoms with Crippen LogP contribution in [0.1, 0.15) is 31.2 Å². The summed E-state index contributed by atoms with van der Waals surface area (Å²) in [5.74, 6) is 0.645. The molecule has 0 saturated carbocycles. The summed E-state index contributed by atoms with van der Waals surface area (Å²) in [6, 6.07) is 10.3. The number of nitrogens with one attached hydrogen (secondary N) is 1. The lowest BCUT2D eigenvalue weighted by atomic mass is 10.0. The number of nitrogens with zero attached hydrogens (tertiary/aromatic N) is 2. The lowest BCUT2D eigenvalue weighted by Crippen LogP contribution is -2.20. The number of benzene rings is 1. The molecule has 140 valence electrons. The third kappa shape index (κ3) is 4.75. The predicted octanol–water partition coefficient (Wildman–Crippen LogP) is 4.74. The summed E-state index contributed by atoms with van der Waals surface area (Å²) in [4.78, 5) is 6.17. The highest BCUT2D eigenvalue weighted by Gasteiger charge is 2.32. The van der Waals surface area contributed by atoms with E-state index in [0.29, 0.717) is 11.4 Å². The molecule has 2 saturated heterocycles. The Hall–Kier alpha value is -2.08. The molecule has 2 aromatic rings. The van der Waals surface area contributed by atoms with Crippen LogP contribution in [0.2, 0.25) is 0 Å². The van der Waals surface area contributed by atoms with Gasteiger partial charge in [-0.2, -0.15) is 13.2 Å². The highest BCUT2D eigenvalue weighted by atomic mass is 19.4. The van der Waals surface area contributed by atoms with Crippen LogP contribution < -0.4 is 10.2 Å². The molecular formula is C20H24F3N3. The van der Waals surface area contributed by atoms with Gasteiger partial charge in [0, 0.05) is 24.8 Å². The van der Waals surface area contributed by atoms with Crippen molar-refractivity contribution < 1.29 is 13.2 Å². The van der Waals surface area contributed by atoms with Gasteiger partial charge in [-0.15, -0.1) is 0 Å². The molecule has 0 bridgehead atoms. The molecule has 3 nitrogen and oxygen atoms in total. The van der Waals surface area contributed by atoms with Gasteiger partial charge in [-0.3, -0.25) is 0 Å². The summed E-state index contributed by atoms with van der Waals surface area (Å²) in [7, 11) is 0. The standard InChI is InChI=1S/C16H15F3N2.C4H9N/c17-16(18,19)13-10-14(12-6-2-1-3-7-12)15(20-11-13)21-8-4-5-9-21;1-2-4-5-3-1/h1-3,6-7,10-11H,4-5,8-9H2;5H,1-4H2. The molecule has 6 heteroatoms. The van der Waals surface area contributed by atoms with E-state index in [2.05, 4.69) is 15.2 Å². The van der Waals surface area contributed by atoms with Crippen LogP contribution in [0.5, 0.6) is 0 Å². The van der Waals surface area contributed by atoms with Gasteiger partial charge in [-0.1, -0.05) is 30.3 Å². The summed E-state index contributed by atoms with van der Waals surface area (Å²) < 4.78 is 38.8. The fraction of sp³-hybridized carbons (Fsp3) is 0.450. The van der Waals surface area contributed by atoms with Gasteiger partial charge in [0.15, 0.2) is 0 Å². The van der Waals surface area contributed by atoms with E-state index in [1.165, 1.54) is 32.0 Å². The summed E-state index contributed by atoms with van der Waals surface area (Å²) >= 11 is 0. The number of hydrogen-bond acceptors (Lipinski definition) is 3.